The van der Waals surface area contributed by atoms with Crippen LogP contribution < -0.4 is 29.6 Å². The molecule has 0 amide bonds. The van der Waals surface area contributed by atoms with Gasteiger partial charge in [0.1, 0.15) is 24.4 Å². The molecule has 0 saturated carbocycles. The van der Waals surface area contributed by atoms with Gasteiger partial charge >= 0.3 is 29.6 Å². The quantitative estimate of drug-likeness (QED) is 0.225. The molecule has 2 aliphatic heterocycles. The SMILES string of the molecule is COC1OC(C)[C@H](O[C@@H]2OC[C@@H](C)[C@@H](O)[C@@H]2O)[C@@H](OS(=O)(=O)[O-])[C@@H]1O.[Na+]. The van der Waals surface area contributed by atoms with E-state index in [1.54, 1.807) is 6.92 Å². The Morgan fingerprint density at radius 2 is 1.65 bits per heavy atom. The summed E-state index contributed by atoms with van der Waals surface area (Å²) in [5.41, 5.74) is 0. The van der Waals surface area contributed by atoms with Crippen LogP contribution in [0.15, 0.2) is 0 Å². The molecule has 2 heterocycles. The van der Waals surface area contributed by atoms with Gasteiger partial charge in [0.15, 0.2) is 12.6 Å². The van der Waals surface area contributed by atoms with Gasteiger partial charge in [-0.15, -0.1) is 0 Å². The van der Waals surface area contributed by atoms with Crippen molar-refractivity contribution in [1.82, 2.24) is 0 Å². The molecule has 0 radical (unpaired) electrons. The van der Waals surface area contributed by atoms with E-state index in [-0.39, 0.29) is 42.1 Å². The molecule has 0 aromatic carbocycles. The van der Waals surface area contributed by atoms with E-state index < -0.39 is 59.6 Å². The maximum atomic E-state index is 11.0. The normalized spacial score (nSPS) is 44.3. The second-order valence-corrected chi connectivity index (χ2v) is 7.17. The second-order valence-electron chi connectivity index (χ2n) is 6.17. The van der Waals surface area contributed by atoms with E-state index in [4.69, 9.17) is 18.9 Å². The van der Waals surface area contributed by atoms with Gasteiger partial charge in [-0.05, 0) is 6.92 Å². The molecule has 2 rings (SSSR count). The molecule has 11 nitrogen and oxygen atoms in total. The molecule has 2 fully saturated rings. The second kappa shape index (κ2) is 9.87. The molecule has 13 heteroatoms. The first kappa shape index (κ1) is 24.6. The van der Waals surface area contributed by atoms with Crippen LogP contribution in [0.3, 0.4) is 0 Å². The van der Waals surface area contributed by atoms with Crippen molar-refractivity contribution >= 4 is 10.4 Å². The van der Waals surface area contributed by atoms with Crippen LogP contribution in [0.5, 0.6) is 0 Å². The van der Waals surface area contributed by atoms with Crippen LogP contribution in [0.4, 0.5) is 0 Å². The molecule has 2 unspecified atom stereocenters. The van der Waals surface area contributed by atoms with Gasteiger partial charge in [-0.3, -0.25) is 4.18 Å². The fourth-order valence-corrected chi connectivity index (χ4v) is 3.33. The van der Waals surface area contributed by atoms with E-state index in [1.807, 2.05) is 0 Å². The average molecular weight is 410 g/mol. The summed E-state index contributed by atoms with van der Waals surface area (Å²) < 4.78 is 58.4. The molecule has 0 aliphatic carbocycles. The topological polar surface area (TPSA) is 164 Å². The van der Waals surface area contributed by atoms with Gasteiger partial charge < -0.3 is 38.8 Å². The monoisotopic (exact) mass is 410 g/mol. The van der Waals surface area contributed by atoms with Gasteiger partial charge in [-0.2, -0.15) is 0 Å². The predicted octanol–water partition coefficient (Wildman–Crippen LogP) is -5.31. The summed E-state index contributed by atoms with van der Waals surface area (Å²) in [4.78, 5) is 0. The minimum atomic E-state index is -5.17. The van der Waals surface area contributed by atoms with Crippen LogP contribution in [-0.4, -0.2) is 91.2 Å². The fraction of sp³-hybridized carbons (Fsp3) is 1.00. The number of rotatable bonds is 5. The molecule has 0 bridgehead atoms. The van der Waals surface area contributed by atoms with Crippen molar-refractivity contribution in [1.29, 1.82) is 0 Å². The minimum absolute atomic E-state index is 0. The van der Waals surface area contributed by atoms with E-state index >= 15 is 0 Å². The molecule has 3 N–H and O–H groups in total. The van der Waals surface area contributed by atoms with Gasteiger partial charge in [0.25, 0.3) is 0 Å². The van der Waals surface area contributed by atoms with Gasteiger partial charge in [-0.25, -0.2) is 8.42 Å². The van der Waals surface area contributed by atoms with Crippen molar-refractivity contribution in [2.24, 2.45) is 5.92 Å². The van der Waals surface area contributed by atoms with Crippen molar-refractivity contribution in [2.45, 2.75) is 63.1 Å². The Kier molecular flexibility index (Phi) is 9.35. The molecule has 0 aromatic heterocycles. The van der Waals surface area contributed by atoms with E-state index in [2.05, 4.69) is 4.18 Å². The van der Waals surface area contributed by atoms with Gasteiger partial charge in [0.2, 0.25) is 10.4 Å². The van der Waals surface area contributed by atoms with E-state index in [1.165, 1.54) is 14.0 Å². The Balaban J connectivity index is 0.00000338. The van der Waals surface area contributed by atoms with E-state index in [0.717, 1.165) is 0 Å². The minimum Gasteiger partial charge on any atom is -0.726 e. The summed E-state index contributed by atoms with van der Waals surface area (Å²) >= 11 is 0. The van der Waals surface area contributed by atoms with Crippen molar-refractivity contribution < 1.29 is 81.0 Å². The molecule has 2 saturated heterocycles. The molecule has 148 valence electrons. The Morgan fingerprint density at radius 3 is 2.19 bits per heavy atom. The Morgan fingerprint density at radius 1 is 1.04 bits per heavy atom. The largest absolute Gasteiger partial charge is 1.00 e. The first-order valence-corrected chi connectivity index (χ1v) is 9.02. The van der Waals surface area contributed by atoms with Crippen LogP contribution >= 0.6 is 0 Å². The summed E-state index contributed by atoms with van der Waals surface area (Å²) in [5.74, 6) is -0.340. The molecule has 0 aromatic rings. The van der Waals surface area contributed by atoms with Crippen molar-refractivity contribution in [3.63, 3.8) is 0 Å². The molecule has 0 spiro atoms. The first-order chi connectivity index (χ1) is 11.5. The van der Waals surface area contributed by atoms with Crippen LogP contribution in [0, 0.1) is 5.92 Å². The van der Waals surface area contributed by atoms with Crippen LogP contribution in [0.25, 0.3) is 0 Å². The van der Waals surface area contributed by atoms with Crippen molar-refractivity contribution in [3.8, 4) is 0 Å². The third kappa shape index (κ3) is 5.80. The summed E-state index contributed by atoms with van der Waals surface area (Å²) in [5, 5.41) is 30.1. The van der Waals surface area contributed by atoms with Crippen LogP contribution in [-0.2, 0) is 33.5 Å². The average Bonchev–Trinajstić information content (AvgIpc) is 2.52. The fourth-order valence-electron chi connectivity index (χ4n) is 2.83. The molecular formula is C13H23NaO11S. The number of hydrogen-bond donors (Lipinski definition) is 3. The van der Waals surface area contributed by atoms with Crippen molar-refractivity contribution in [2.75, 3.05) is 13.7 Å². The maximum Gasteiger partial charge on any atom is 1.00 e. The van der Waals surface area contributed by atoms with Crippen LogP contribution in [0.2, 0.25) is 0 Å². The zero-order valence-electron chi connectivity index (χ0n) is 14.9. The molecular weight excluding hydrogens is 387 g/mol. The number of methoxy groups -OCH3 is 1. The Labute approximate surface area is 173 Å². The smallest absolute Gasteiger partial charge is 0.726 e. The summed E-state index contributed by atoms with van der Waals surface area (Å²) in [6, 6.07) is 0. The van der Waals surface area contributed by atoms with E-state index in [9.17, 15) is 28.3 Å². The standard InChI is InChI=1S/C13H24O11S.Na/c1-5-4-21-13(8(15)7(5)14)23-10-6(2)22-12(20-3)9(16)11(10)24-25(17,18)19;/h5-16H,4H2,1-3H3,(H,17,18,19);/q;+1/p-1/t5-,6?,7-,8+,9+,10+,11+,12?,13+;/m1./s1. The zero-order valence-corrected chi connectivity index (χ0v) is 17.7. The van der Waals surface area contributed by atoms with Gasteiger partial charge in [0, 0.05) is 13.0 Å². The van der Waals surface area contributed by atoms with Gasteiger partial charge in [0.05, 0.1) is 18.8 Å². The van der Waals surface area contributed by atoms with Crippen molar-refractivity contribution in [3.05, 3.63) is 0 Å². The summed E-state index contributed by atoms with van der Waals surface area (Å²) in [6.45, 7) is 3.23. The number of aliphatic hydroxyl groups is 3. The number of aliphatic hydroxyl groups excluding tert-OH is 3. The summed E-state index contributed by atoms with van der Waals surface area (Å²) in [7, 11) is -3.95. The Bertz CT molecular complexity index is 546. The number of hydrogen-bond acceptors (Lipinski definition) is 11. The molecule has 2 aliphatic rings. The third-order valence-electron chi connectivity index (χ3n) is 4.24. The third-order valence-corrected chi connectivity index (χ3v) is 4.70. The number of ether oxygens (including phenoxy) is 4. The van der Waals surface area contributed by atoms with Gasteiger partial charge in [-0.1, -0.05) is 6.92 Å². The van der Waals surface area contributed by atoms with E-state index in [0.29, 0.717) is 0 Å². The Hall–Kier alpha value is 0.590. The molecule has 9 atom stereocenters. The van der Waals surface area contributed by atoms with Crippen LogP contribution in [0.1, 0.15) is 13.8 Å². The maximum absolute atomic E-state index is 11.0. The summed E-state index contributed by atoms with van der Waals surface area (Å²) in [6.07, 6.45) is -10.6. The predicted molar refractivity (Wildman–Crippen MR) is 77.7 cm³/mol. The molecule has 26 heavy (non-hydrogen) atoms. The first-order valence-electron chi connectivity index (χ1n) is 7.68. The zero-order chi connectivity index (χ0) is 18.9.